The summed E-state index contributed by atoms with van der Waals surface area (Å²) in [6, 6.07) is 17.3. The summed E-state index contributed by atoms with van der Waals surface area (Å²) in [6.07, 6.45) is 0.175. The average molecular weight is 327 g/mol. The van der Waals surface area contributed by atoms with Crippen LogP contribution in [0.1, 0.15) is 22.3 Å². The minimum absolute atomic E-state index is 0.0443. The predicted octanol–water partition coefficient (Wildman–Crippen LogP) is 3.32. The van der Waals surface area contributed by atoms with Crippen LogP contribution in [0.15, 0.2) is 59.5 Å². The van der Waals surface area contributed by atoms with Crippen molar-refractivity contribution in [3.05, 3.63) is 65.7 Å². The molecule has 1 aliphatic heterocycles. The third kappa shape index (κ3) is 3.40. The van der Waals surface area contributed by atoms with Gasteiger partial charge in [-0.25, -0.2) is 0 Å². The fourth-order valence-electron chi connectivity index (χ4n) is 2.57. The highest BCUT2D eigenvalue weighted by atomic mass is 32.2. The van der Waals surface area contributed by atoms with Crippen molar-refractivity contribution in [2.75, 3.05) is 7.11 Å². The highest BCUT2D eigenvalue weighted by Crippen LogP contribution is 2.37. The third-order valence-corrected chi connectivity index (χ3v) is 5.06. The molecule has 3 rings (SSSR count). The van der Waals surface area contributed by atoms with E-state index in [4.69, 9.17) is 4.74 Å². The molecule has 0 radical (unpaired) electrons. The first-order valence-corrected chi connectivity index (χ1v) is 8.24. The van der Waals surface area contributed by atoms with E-state index < -0.39 is 0 Å². The fraction of sp³-hybridized carbons (Fsp3) is 0.222. The molecular weight excluding hydrogens is 310 g/mol. The number of nitrogens with zero attached hydrogens (tertiary/aromatic N) is 1. The van der Waals surface area contributed by atoms with E-state index in [1.54, 1.807) is 4.90 Å². The van der Waals surface area contributed by atoms with Crippen LogP contribution in [-0.2, 0) is 16.1 Å². The maximum absolute atomic E-state index is 12.9. The van der Waals surface area contributed by atoms with Crippen LogP contribution in [0.4, 0.5) is 0 Å². The molecule has 23 heavy (non-hydrogen) atoms. The van der Waals surface area contributed by atoms with E-state index in [-0.39, 0.29) is 23.7 Å². The van der Waals surface area contributed by atoms with E-state index in [2.05, 4.69) is 0 Å². The van der Waals surface area contributed by atoms with Gasteiger partial charge in [0, 0.05) is 11.4 Å². The number of methoxy groups -OCH3 is 1. The third-order valence-electron chi connectivity index (χ3n) is 3.75. The average Bonchev–Trinajstić information content (AvgIpc) is 2.59. The lowest BCUT2D eigenvalue weighted by Gasteiger charge is -2.35. The summed E-state index contributed by atoms with van der Waals surface area (Å²) in [6.45, 7) is 0.475. The maximum Gasteiger partial charge on any atom is 0.308 e. The Bertz CT molecular complexity index is 717. The number of fused-ring (bicyclic) bond motifs is 1. The van der Waals surface area contributed by atoms with Crippen LogP contribution in [0.3, 0.4) is 0 Å². The highest BCUT2D eigenvalue weighted by Gasteiger charge is 2.34. The smallest absolute Gasteiger partial charge is 0.308 e. The first kappa shape index (κ1) is 15.6. The summed E-state index contributed by atoms with van der Waals surface area (Å²) < 4.78 is 4.78. The number of thioether (sulfide) groups is 1. The van der Waals surface area contributed by atoms with Gasteiger partial charge in [-0.3, -0.25) is 9.59 Å². The van der Waals surface area contributed by atoms with Crippen molar-refractivity contribution in [1.29, 1.82) is 0 Å². The van der Waals surface area contributed by atoms with Crippen molar-refractivity contribution in [3.63, 3.8) is 0 Å². The molecule has 0 aliphatic carbocycles. The van der Waals surface area contributed by atoms with E-state index in [1.807, 2.05) is 54.6 Å². The molecule has 4 nitrogen and oxygen atoms in total. The van der Waals surface area contributed by atoms with Crippen LogP contribution in [-0.4, -0.2) is 29.3 Å². The second-order valence-electron chi connectivity index (χ2n) is 5.27. The number of hydrogen-bond acceptors (Lipinski definition) is 4. The van der Waals surface area contributed by atoms with Crippen LogP contribution in [0.25, 0.3) is 0 Å². The van der Waals surface area contributed by atoms with Crippen molar-refractivity contribution in [2.24, 2.45) is 0 Å². The topological polar surface area (TPSA) is 46.6 Å². The van der Waals surface area contributed by atoms with Gasteiger partial charge in [-0.05, 0) is 17.7 Å². The highest BCUT2D eigenvalue weighted by molar-refractivity contribution is 8.00. The van der Waals surface area contributed by atoms with E-state index in [0.717, 1.165) is 10.5 Å². The number of carbonyl (C=O) groups is 2. The summed E-state index contributed by atoms with van der Waals surface area (Å²) in [5.74, 6) is -0.357. The molecule has 1 atom stereocenters. The largest absolute Gasteiger partial charge is 0.469 e. The molecule has 1 unspecified atom stereocenters. The molecule has 2 aromatic rings. The first-order chi connectivity index (χ1) is 11.2. The van der Waals surface area contributed by atoms with Gasteiger partial charge in [-0.15, -0.1) is 0 Å². The monoisotopic (exact) mass is 327 g/mol. The number of ether oxygens (including phenoxy) is 1. The first-order valence-electron chi connectivity index (χ1n) is 7.36. The SMILES string of the molecule is COC(=O)CC1Sc2ccccc2C(=O)N1Cc1ccccc1. The minimum atomic E-state index is -0.312. The summed E-state index contributed by atoms with van der Waals surface area (Å²) in [5, 5.41) is -0.259. The Morgan fingerprint density at radius 3 is 2.57 bits per heavy atom. The van der Waals surface area contributed by atoms with Gasteiger partial charge in [0.15, 0.2) is 0 Å². The summed E-state index contributed by atoms with van der Waals surface area (Å²) in [5.41, 5.74) is 1.73. The van der Waals surface area contributed by atoms with E-state index in [9.17, 15) is 9.59 Å². The lowest BCUT2D eigenvalue weighted by Crippen LogP contribution is -2.42. The molecule has 0 spiro atoms. The van der Waals surface area contributed by atoms with E-state index in [0.29, 0.717) is 12.1 Å². The zero-order valence-corrected chi connectivity index (χ0v) is 13.6. The number of benzene rings is 2. The van der Waals surface area contributed by atoms with Gasteiger partial charge in [0.1, 0.15) is 0 Å². The van der Waals surface area contributed by atoms with Crippen LogP contribution in [0.5, 0.6) is 0 Å². The van der Waals surface area contributed by atoms with Crippen molar-refractivity contribution >= 4 is 23.6 Å². The maximum atomic E-state index is 12.9. The molecule has 0 saturated carbocycles. The van der Waals surface area contributed by atoms with Crippen molar-refractivity contribution in [2.45, 2.75) is 23.2 Å². The molecule has 0 aromatic heterocycles. The van der Waals surface area contributed by atoms with E-state index in [1.165, 1.54) is 18.9 Å². The fourth-order valence-corrected chi connectivity index (χ4v) is 3.82. The lowest BCUT2D eigenvalue weighted by molar-refractivity contribution is -0.141. The predicted molar refractivity (Wildman–Crippen MR) is 89.0 cm³/mol. The summed E-state index contributed by atoms with van der Waals surface area (Å²) in [7, 11) is 1.37. The number of hydrogen-bond donors (Lipinski definition) is 0. The molecule has 5 heteroatoms. The Labute approximate surface area is 139 Å². The summed E-state index contributed by atoms with van der Waals surface area (Å²) in [4.78, 5) is 27.2. The molecule has 0 bridgehead atoms. The Morgan fingerprint density at radius 2 is 1.83 bits per heavy atom. The summed E-state index contributed by atoms with van der Waals surface area (Å²) >= 11 is 1.54. The second kappa shape index (κ2) is 6.87. The van der Waals surface area contributed by atoms with Crippen LogP contribution < -0.4 is 0 Å². The normalized spacial score (nSPS) is 16.8. The molecule has 2 aromatic carbocycles. The molecule has 118 valence electrons. The standard InChI is InChI=1S/C18H17NO3S/c1-22-17(20)11-16-19(12-13-7-3-2-4-8-13)18(21)14-9-5-6-10-15(14)23-16/h2-10,16H,11-12H2,1H3. The van der Waals surface area contributed by atoms with Crippen molar-refractivity contribution in [1.82, 2.24) is 4.90 Å². The van der Waals surface area contributed by atoms with Crippen LogP contribution >= 0.6 is 11.8 Å². The number of carbonyl (C=O) groups excluding carboxylic acids is 2. The second-order valence-corrected chi connectivity index (χ2v) is 6.49. The number of esters is 1. The van der Waals surface area contributed by atoms with Crippen LogP contribution in [0, 0.1) is 0 Å². The lowest BCUT2D eigenvalue weighted by atomic mass is 10.1. The Hall–Kier alpha value is -2.27. The molecule has 1 aliphatic rings. The molecule has 1 amide bonds. The van der Waals surface area contributed by atoms with Crippen molar-refractivity contribution < 1.29 is 14.3 Å². The van der Waals surface area contributed by atoms with E-state index >= 15 is 0 Å². The molecule has 1 heterocycles. The molecule has 0 N–H and O–H groups in total. The minimum Gasteiger partial charge on any atom is -0.469 e. The zero-order valence-electron chi connectivity index (χ0n) is 12.8. The number of rotatable bonds is 4. The number of amides is 1. The molecule has 0 saturated heterocycles. The van der Waals surface area contributed by atoms with Gasteiger partial charge in [0.25, 0.3) is 5.91 Å². The quantitative estimate of drug-likeness (QED) is 0.808. The van der Waals surface area contributed by atoms with Gasteiger partial charge in [-0.2, -0.15) is 0 Å². The van der Waals surface area contributed by atoms with Crippen LogP contribution in [0.2, 0.25) is 0 Å². The Morgan fingerprint density at radius 1 is 1.13 bits per heavy atom. The van der Waals surface area contributed by atoms with Gasteiger partial charge < -0.3 is 9.64 Å². The van der Waals surface area contributed by atoms with Gasteiger partial charge >= 0.3 is 5.97 Å². The van der Waals surface area contributed by atoms with Crippen molar-refractivity contribution in [3.8, 4) is 0 Å². The molecular formula is C18H17NO3S. The van der Waals surface area contributed by atoms with Gasteiger partial charge in [0.2, 0.25) is 0 Å². The zero-order chi connectivity index (χ0) is 16.2. The Balaban J connectivity index is 1.91. The van der Waals surface area contributed by atoms with Gasteiger partial charge in [-0.1, -0.05) is 54.2 Å². The molecule has 0 fully saturated rings. The van der Waals surface area contributed by atoms with Gasteiger partial charge in [0.05, 0.1) is 24.5 Å². The Kier molecular flexibility index (Phi) is 4.67.